The van der Waals surface area contributed by atoms with Crippen molar-refractivity contribution in [2.24, 2.45) is 0 Å². The van der Waals surface area contributed by atoms with Crippen molar-refractivity contribution in [3.63, 3.8) is 0 Å². The number of amides is 2. The predicted octanol–water partition coefficient (Wildman–Crippen LogP) is 3.98. The number of nitrogens with one attached hydrogen (secondary N) is 1. The maximum absolute atomic E-state index is 13.0. The Balaban J connectivity index is 1.66. The first-order valence-corrected chi connectivity index (χ1v) is 10.9. The zero-order chi connectivity index (χ0) is 21.7. The second-order valence-electron chi connectivity index (χ2n) is 7.81. The van der Waals surface area contributed by atoms with Crippen LogP contribution in [0.5, 0.6) is 5.75 Å². The molecular formula is C23H28BrN3O3. The summed E-state index contributed by atoms with van der Waals surface area (Å²) >= 11 is 3.47. The Kier molecular flexibility index (Phi) is 7.50. The minimum atomic E-state index is -0.300. The highest BCUT2D eigenvalue weighted by atomic mass is 79.9. The van der Waals surface area contributed by atoms with Crippen molar-refractivity contribution in [1.82, 2.24) is 9.80 Å². The van der Waals surface area contributed by atoms with Crippen molar-refractivity contribution in [3.05, 3.63) is 58.1 Å². The number of carbonyl (C=O) groups excluding carboxylic acids is 2. The molecule has 1 N–H and O–H groups in total. The van der Waals surface area contributed by atoms with Crippen LogP contribution in [0.15, 0.2) is 46.9 Å². The number of hydrogen-bond acceptors (Lipinski definition) is 4. The van der Waals surface area contributed by atoms with Gasteiger partial charge in [0.1, 0.15) is 5.75 Å². The van der Waals surface area contributed by atoms with Gasteiger partial charge in [0.2, 0.25) is 0 Å². The van der Waals surface area contributed by atoms with E-state index >= 15 is 0 Å². The summed E-state index contributed by atoms with van der Waals surface area (Å²) in [6.45, 7) is 7.09. The summed E-state index contributed by atoms with van der Waals surface area (Å²) in [4.78, 5) is 29.5. The van der Waals surface area contributed by atoms with Crippen LogP contribution < -0.4 is 10.1 Å². The van der Waals surface area contributed by atoms with E-state index in [4.69, 9.17) is 4.74 Å². The van der Waals surface area contributed by atoms with Crippen LogP contribution >= 0.6 is 15.9 Å². The Bertz CT molecular complexity index is 908. The van der Waals surface area contributed by atoms with Crippen molar-refractivity contribution in [2.45, 2.75) is 19.8 Å². The van der Waals surface area contributed by atoms with Gasteiger partial charge in [-0.15, -0.1) is 0 Å². The highest BCUT2D eigenvalue weighted by Crippen LogP contribution is 2.29. The molecule has 0 unspecified atom stereocenters. The molecule has 2 amide bonds. The first kappa shape index (κ1) is 22.3. The lowest BCUT2D eigenvalue weighted by Gasteiger charge is -2.32. The normalized spacial score (nSPS) is 14.6. The van der Waals surface area contributed by atoms with Crippen LogP contribution in [0.25, 0.3) is 0 Å². The van der Waals surface area contributed by atoms with E-state index in [0.717, 1.165) is 23.1 Å². The number of carbonyl (C=O) groups is 2. The molecule has 6 nitrogen and oxygen atoms in total. The van der Waals surface area contributed by atoms with Crippen LogP contribution in [0.2, 0.25) is 0 Å². The van der Waals surface area contributed by atoms with E-state index in [1.807, 2.05) is 42.3 Å². The Morgan fingerprint density at radius 3 is 2.50 bits per heavy atom. The van der Waals surface area contributed by atoms with Gasteiger partial charge in [-0.3, -0.25) is 9.59 Å². The average molecular weight is 474 g/mol. The molecule has 0 atom stereocenters. The lowest BCUT2D eigenvalue weighted by Crippen LogP contribution is -2.47. The molecule has 2 aromatic rings. The molecular weight excluding hydrogens is 446 g/mol. The SMILES string of the molecule is CC(C)c1cc(Br)ccc1OCC(=O)Nc1ccccc1C(=O)N1CCN(C)CC1. The second kappa shape index (κ2) is 10.1. The van der Waals surface area contributed by atoms with Crippen LogP contribution in [0.3, 0.4) is 0 Å². The van der Waals surface area contributed by atoms with Crippen LogP contribution in [-0.2, 0) is 4.79 Å². The molecule has 1 aliphatic heterocycles. The number of benzene rings is 2. The van der Waals surface area contributed by atoms with E-state index in [2.05, 4.69) is 40.0 Å². The van der Waals surface area contributed by atoms with Gasteiger partial charge in [-0.05, 0) is 48.9 Å². The number of nitrogens with zero attached hydrogens (tertiary/aromatic N) is 2. The van der Waals surface area contributed by atoms with Gasteiger partial charge in [0.15, 0.2) is 6.61 Å². The molecule has 0 saturated carbocycles. The monoisotopic (exact) mass is 473 g/mol. The van der Waals surface area contributed by atoms with Gasteiger partial charge in [-0.2, -0.15) is 0 Å². The standard InChI is InChI=1S/C23H28BrN3O3/c1-16(2)19-14-17(24)8-9-21(19)30-15-22(28)25-20-7-5-4-6-18(20)23(29)27-12-10-26(3)11-13-27/h4-9,14,16H,10-13,15H2,1-3H3,(H,25,28). The highest BCUT2D eigenvalue weighted by Gasteiger charge is 2.23. The minimum Gasteiger partial charge on any atom is -0.483 e. The first-order chi connectivity index (χ1) is 14.3. The van der Waals surface area contributed by atoms with Crippen molar-refractivity contribution in [1.29, 1.82) is 0 Å². The van der Waals surface area contributed by atoms with Gasteiger partial charge in [0.05, 0.1) is 11.3 Å². The fourth-order valence-corrected chi connectivity index (χ4v) is 3.77. The van der Waals surface area contributed by atoms with E-state index in [9.17, 15) is 9.59 Å². The van der Waals surface area contributed by atoms with Gasteiger partial charge in [-0.25, -0.2) is 0 Å². The van der Waals surface area contributed by atoms with E-state index in [1.165, 1.54) is 0 Å². The van der Waals surface area contributed by atoms with Crippen LogP contribution in [0.1, 0.15) is 35.7 Å². The molecule has 0 aliphatic carbocycles. The Labute approximate surface area is 186 Å². The van der Waals surface area contributed by atoms with Gasteiger partial charge in [0.25, 0.3) is 11.8 Å². The maximum Gasteiger partial charge on any atom is 0.262 e. The van der Waals surface area contributed by atoms with Crippen molar-refractivity contribution >= 4 is 33.4 Å². The highest BCUT2D eigenvalue weighted by molar-refractivity contribution is 9.10. The molecule has 2 aromatic carbocycles. The molecule has 0 radical (unpaired) electrons. The number of halogens is 1. The summed E-state index contributed by atoms with van der Waals surface area (Å²) in [5, 5.41) is 2.84. The second-order valence-corrected chi connectivity index (χ2v) is 8.73. The zero-order valence-corrected chi connectivity index (χ0v) is 19.2. The maximum atomic E-state index is 13.0. The molecule has 160 valence electrons. The molecule has 3 rings (SSSR count). The lowest BCUT2D eigenvalue weighted by molar-refractivity contribution is -0.118. The van der Waals surface area contributed by atoms with Gasteiger partial charge in [0, 0.05) is 30.7 Å². The molecule has 0 spiro atoms. The van der Waals surface area contributed by atoms with Gasteiger partial charge in [-0.1, -0.05) is 41.9 Å². The number of likely N-dealkylation sites (N-methyl/N-ethyl adjacent to an activating group) is 1. The van der Waals surface area contributed by atoms with Gasteiger partial charge >= 0.3 is 0 Å². The minimum absolute atomic E-state index is 0.0603. The van der Waals surface area contributed by atoms with E-state index in [0.29, 0.717) is 30.1 Å². The molecule has 0 aromatic heterocycles. The largest absolute Gasteiger partial charge is 0.483 e. The molecule has 1 saturated heterocycles. The Morgan fingerprint density at radius 1 is 1.10 bits per heavy atom. The fraction of sp³-hybridized carbons (Fsp3) is 0.391. The quantitative estimate of drug-likeness (QED) is 0.688. The number of ether oxygens (including phenoxy) is 1. The van der Waals surface area contributed by atoms with Crippen molar-refractivity contribution in [2.75, 3.05) is 45.2 Å². The molecule has 30 heavy (non-hydrogen) atoms. The fourth-order valence-electron chi connectivity index (χ4n) is 3.39. The summed E-state index contributed by atoms with van der Waals surface area (Å²) in [6, 6.07) is 12.9. The van der Waals surface area contributed by atoms with E-state index in [-0.39, 0.29) is 24.3 Å². The number of anilines is 1. The van der Waals surface area contributed by atoms with Crippen LogP contribution in [0.4, 0.5) is 5.69 Å². The number of para-hydroxylation sites is 1. The van der Waals surface area contributed by atoms with Crippen molar-refractivity contribution < 1.29 is 14.3 Å². The van der Waals surface area contributed by atoms with Crippen LogP contribution in [-0.4, -0.2) is 61.4 Å². The van der Waals surface area contributed by atoms with Gasteiger partial charge < -0.3 is 19.9 Å². The predicted molar refractivity (Wildman–Crippen MR) is 122 cm³/mol. The molecule has 1 heterocycles. The summed E-state index contributed by atoms with van der Waals surface area (Å²) < 4.78 is 6.75. The topological polar surface area (TPSA) is 61.9 Å². The molecule has 0 bridgehead atoms. The number of hydrogen-bond donors (Lipinski definition) is 1. The third-order valence-corrected chi connectivity index (χ3v) is 5.67. The Hall–Kier alpha value is -2.38. The molecule has 7 heteroatoms. The average Bonchev–Trinajstić information content (AvgIpc) is 2.73. The summed E-state index contributed by atoms with van der Waals surface area (Å²) in [5.74, 6) is 0.591. The Morgan fingerprint density at radius 2 is 1.80 bits per heavy atom. The number of rotatable bonds is 6. The summed E-state index contributed by atoms with van der Waals surface area (Å²) in [6.07, 6.45) is 0. The van der Waals surface area contributed by atoms with Crippen LogP contribution in [0, 0.1) is 0 Å². The smallest absolute Gasteiger partial charge is 0.262 e. The third-order valence-electron chi connectivity index (χ3n) is 5.17. The first-order valence-electron chi connectivity index (χ1n) is 10.1. The third kappa shape index (κ3) is 5.61. The van der Waals surface area contributed by atoms with E-state index < -0.39 is 0 Å². The number of piperazine rings is 1. The lowest BCUT2D eigenvalue weighted by atomic mass is 10.0. The van der Waals surface area contributed by atoms with E-state index in [1.54, 1.807) is 12.1 Å². The summed E-state index contributed by atoms with van der Waals surface area (Å²) in [7, 11) is 2.05. The molecule has 1 aliphatic rings. The molecule has 1 fully saturated rings. The summed E-state index contributed by atoms with van der Waals surface area (Å²) in [5.41, 5.74) is 2.04. The van der Waals surface area contributed by atoms with Crippen molar-refractivity contribution in [3.8, 4) is 5.75 Å². The zero-order valence-electron chi connectivity index (χ0n) is 17.7.